The molecule has 0 N–H and O–H groups in total. The maximum Gasteiger partial charge on any atom is 0.163 e. The largest absolute Gasteiger partial charge is 0.457 e. The molecule has 4 nitrogen and oxygen atoms in total. The number of ether oxygens (including phenoxy) is 1. The zero-order chi connectivity index (χ0) is 13.1. The van der Waals surface area contributed by atoms with Crippen molar-refractivity contribution in [2.75, 3.05) is 0 Å². The summed E-state index contributed by atoms with van der Waals surface area (Å²) in [6.45, 7) is 0. The summed E-state index contributed by atoms with van der Waals surface area (Å²) in [7, 11) is 1.92. The molecular formula is C15H13N3O. The van der Waals surface area contributed by atoms with Gasteiger partial charge in [0, 0.05) is 12.6 Å². The first-order valence-corrected chi connectivity index (χ1v) is 6.00. The Hall–Kier alpha value is -2.62. The Balaban J connectivity index is 1.82. The Morgan fingerprint density at radius 2 is 1.58 bits per heavy atom. The van der Waals surface area contributed by atoms with Crippen LogP contribution in [0.15, 0.2) is 60.9 Å². The van der Waals surface area contributed by atoms with E-state index in [4.69, 9.17) is 4.74 Å². The van der Waals surface area contributed by atoms with Crippen LogP contribution >= 0.6 is 0 Å². The van der Waals surface area contributed by atoms with E-state index in [2.05, 4.69) is 10.2 Å². The van der Waals surface area contributed by atoms with Crippen LogP contribution < -0.4 is 4.74 Å². The predicted molar refractivity (Wildman–Crippen MR) is 73.0 cm³/mol. The zero-order valence-corrected chi connectivity index (χ0v) is 10.5. The van der Waals surface area contributed by atoms with Gasteiger partial charge in [-0.05, 0) is 36.4 Å². The highest BCUT2D eigenvalue weighted by atomic mass is 16.5. The molecule has 0 aliphatic carbocycles. The number of rotatable bonds is 3. The van der Waals surface area contributed by atoms with E-state index in [1.807, 2.05) is 66.2 Å². The molecular weight excluding hydrogens is 238 g/mol. The van der Waals surface area contributed by atoms with Gasteiger partial charge >= 0.3 is 0 Å². The molecule has 0 aliphatic heterocycles. The van der Waals surface area contributed by atoms with Gasteiger partial charge in [0.1, 0.15) is 17.8 Å². The van der Waals surface area contributed by atoms with E-state index < -0.39 is 0 Å². The molecule has 0 amide bonds. The minimum atomic E-state index is 0.803. The molecule has 0 atom stereocenters. The summed E-state index contributed by atoms with van der Waals surface area (Å²) >= 11 is 0. The summed E-state index contributed by atoms with van der Waals surface area (Å²) in [5.74, 6) is 2.47. The average Bonchev–Trinajstić information content (AvgIpc) is 2.87. The summed E-state index contributed by atoms with van der Waals surface area (Å²) in [6.07, 6.45) is 1.68. The molecule has 0 fully saturated rings. The standard InChI is InChI=1S/C15H13N3O/c1-18-11-16-17-15(18)12-7-9-14(10-8-12)19-13-5-3-2-4-6-13/h2-11H,1H3. The first kappa shape index (κ1) is 11.5. The lowest BCUT2D eigenvalue weighted by molar-refractivity contribution is 0.483. The predicted octanol–water partition coefficient (Wildman–Crippen LogP) is 3.27. The van der Waals surface area contributed by atoms with Crippen LogP contribution in [0.1, 0.15) is 0 Å². The van der Waals surface area contributed by atoms with Crippen LogP contribution in [-0.4, -0.2) is 14.8 Å². The van der Waals surface area contributed by atoms with Gasteiger partial charge in [-0.25, -0.2) is 0 Å². The number of benzene rings is 2. The highest BCUT2D eigenvalue weighted by Crippen LogP contribution is 2.24. The molecule has 19 heavy (non-hydrogen) atoms. The third-order valence-electron chi connectivity index (χ3n) is 2.80. The van der Waals surface area contributed by atoms with Crippen molar-refractivity contribution in [3.05, 3.63) is 60.9 Å². The van der Waals surface area contributed by atoms with Crippen molar-refractivity contribution in [3.8, 4) is 22.9 Å². The van der Waals surface area contributed by atoms with Crippen LogP contribution in [0.4, 0.5) is 0 Å². The number of hydrogen-bond donors (Lipinski definition) is 0. The van der Waals surface area contributed by atoms with E-state index in [1.165, 1.54) is 0 Å². The molecule has 0 unspecified atom stereocenters. The SMILES string of the molecule is Cn1cnnc1-c1ccc(Oc2ccccc2)cc1. The molecule has 3 rings (SSSR count). The van der Waals surface area contributed by atoms with Gasteiger partial charge in [0.25, 0.3) is 0 Å². The lowest BCUT2D eigenvalue weighted by atomic mass is 10.2. The van der Waals surface area contributed by atoms with E-state index in [9.17, 15) is 0 Å². The fourth-order valence-corrected chi connectivity index (χ4v) is 1.84. The van der Waals surface area contributed by atoms with Crippen molar-refractivity contribution < 1.29 is 4.74 Å². The molecule has 3 aromatic rings. The number of aromatic nitrogens is 3. The van der Waals surface area contributed by atoms with Crippen molar-refractivity contribution >= 4 is 0 Å². The fraction of sp³-hybridized carbons (Fsp3) is 0.0667. The first-order valence-electron chi connectivity index (χ1n) is 6.00. The quantitative estimate of drug-likeness (QED) is 0.717. The number of aryl methyl sites for hydroxylation is 1. The molecule has 0 saturated carbocycles. The van der Waals surface area contributed by atoms with Crippen LogP contribution in [0.25, 0.3) is 11.4 Å². The molecule has 94 valence electrons. The molecule has 0 saturated heterocycles. The summed E-state index contributed by atoms with van der Waals surface area (Å²) in [5.41, 5.74) is 1.01. The highest BCUT2D eigenvalue weighted by molar-refractivity contribution is 5.56. The van der Waals surface area contributed by atoms with Gasteiger partial charge < -0.3 is 9.30 Å². The van der Waals surface area contributed by atoms with Crippen LogP contribution in [0.5, 0.6) is 11.5 Å². The third kappa shape index (κ3) is 2.47. The van der Waals surface area contributed by atoms with Gasteiger partial charge in [-0.2, -0.15) is 0 Å². The average molecular weight is 251 g/mol. The van der Waals surface area contributed by atoms with Crippen LogP contribution in [-0.2, 0) is 7.05 Å². The minimum Gasteiger partial charge on any atom is -0.457 e. The maximum absolute atomic E-state index is 5.74. The number of hydrogen-bond acceptors (Lipinski definition) is 3. The topological polar surface area (TPSA) is 39.9 Å². The Bertz CT molecular complexity index is 659. The number of para-hydroxylation sites is 1. The fourth-order valence-electron chi connectivity index (χ4n) is 1.84. The van der Waals surface area contributed by atoms with Gasteiger partial charge in [-0.1, -0.05) is 18.2 Å². The lowest BCUT2D eigenvalue weighted by Crippen LogP contribution is -1.91. The number of nitrogens with zero attached hydrogens (tertiary/aromatic N) is 3. The smallest absolute Gasteiger partial charge is 0.163 e. The molecule has 0 bridgehead atoms. The van der Waals surface area contributed by atoms with Crippen LogP contribution in [0, 0.1) is 0 Å². The molecule has 1 heterocycles. The Labute approximate surface area is 111 Å². The van der Waals surface area contributed by atoms with Crippen molar-refractivity contribution in [1.29, 1.82) is 0 Å². The molecule has 4 heteroatoms. The highest BCUT2D eigenvalue weighted by Gasteiger charge is 2.04. The van der Waals surface area contributed by atoms with Crippen LogP contribution in [0.2, 0.25) is 0 Å². The molecule has 2 aromatic carbocycles. The Morgan fingerprint density at radius 1 is 0.895 bits per heavy atom. The summed E-state index contributed by atoms with van der Waals surface area (Å²) in [6, 6.07) is 17.5. The van der Waals surface area contributed by atoms with E-state index in [0.29, 0.717) is 0 Å². The molecule has 0 spiro atoms. The minimum absolute atomic E-state index is 0.803. The summed E-state index contributed by atoms with van der Waals surface area (Å²) < 4.78 is 7.62. The second-order valence-electron chi connectivity index (χ2n) is 4.20. The first-order chi connectivity index (χ1) is 9.33. The Morgan fingerprint density at radius 3 is 2.21 bits per heavy atom. The van der Waals surface area contributed by atoms with Gasteiger partial charge in [0.2, 0.25) is 0 Å². The lowest BCUT2D eigenvalue weighted by Gasteiger charge is -2.06. The second-order valence-corrected chi connectivity index (χ2v) is 4.20. The second kappa shape index (κ2) is 4.94. The zero-order valence-electron chi connectivity index (χ0n) is 10.5. The maximum atomic E-state index is 5.74. The van der Waals surface area contributed by atoms with Gasteiger partial charge in [0.15, 0.2) is 5.82 Å². The van der Waals surface area contributed by atoms with Crippen molar-refractivity contribution in [3.63, 3.8) is 0 Å². The monoisotopic (exact) mass is 251 g/mol. The van der Waals surface area contributed by atoms with Gasteiger partial charge in [-0.15, -0.1) is 10.2 Å². The third-order valence-corrected chi connectivity index (χ3v) is 2.80. The summed E-state index contributed by atoms with van der Waals surface area (Å²) in [5, 5.41) is 7.94. The molecule has 1 aromatic heterocycles. The molecule has 0 aliphatic rings. The summed E-state index contributed by atoms with van der Waals surface area (Å²) in [4.78, 5) is 0. The van der Waals surface area contributed by atoms with Crippen molar-refractivity contribution in [2.45, 2.75) is 0 Å². The van der Waals surface area contributed by atoms with Gasteiger partial charge in [-0.3, -0.25) is 0 Å². The van der Waals surface area contributed by atoms with E-state index in [-0.39, 0.29) is 0 Å². The van der Waals surface area contributed by atoms with Crippen molar-refractivity contribution in [2.24, 2.45) is 7.05 Å². The van der Waals surface area contributed by atoms with E-state index >= 15 is 0 Å². The normalized spacial score (nSPS) is 10.4. The van der Waals surface area contributed by atoms with Gasteiger partial charge in [0.05, 0.1) is 0 Å². The van der Waals surface area contributed by atoms with E-state index in [1.54, 1.807) is 6.33 Å². The Kier molecular flexibility index (Phi) is 2.98. The van der Waals surface area contributed by atoms with Crippen molar-refractivity contribution in [1.82, 2.24) is 14.8 Å². The van der Waals surface area contributed by atoms with Crippen LogP contribution in [0.3, 0.4) is 0 Å². The van der Waals surface area contributed by atoms with E-state index in [0.717, 1.165) is 22.9 Å². The molecule has 0 radical (unpaired) electrons.